The standard InChI is InChI=1S/C20H25N5O2/c1-11(2)14-8-17(26-5)15(25-12(3)6-7-13(25)4)9-16(14)27-18-10-23-20(22)24-19(18)21/h6-11H,1-5H3,(H4,21,22,23,24). The first-order chi connectivity index (χ1) is 12.8. The molecule has 2 aromatic heterocycles. The van der Waals surface area contributed by atoms with Crippen molar-refractivity contribution in [2.45, 2.75) is 33.6 Å². The zero-order chi connectivity index (χ0) is 19.7. The summed E-state index contributed by atoms with van der Waals surface area (Å²) in [6.07, 6.45) is 1.48. The predicted octanol–water partition coefficient (Wildman–Crippen LogP) is 3.97. The number of rotatable bonds is 5. The molecule has 7 heteroatoms. The van der Waals surface area contributed by atoms with Crippen molar-refractivity contribution in [3.63, 3.8) is 0 Å². The van der Waals surface area contributed by atoms with Gasteiger partial charge in [0, 0.05) is 23.0 Å². The second-order valence-electron chi connectivity index (χ2n) is 6.75. The number of aryl methyl sites for hydroxylation is 2. The number of methoxy groups -OCH3 is 1. The Bertz CT molecular complexity index is 959. The second kappa shape index (κ2) is 7.19. The highest BCUT2D eigenvalue weighted by Gasteiger charge is 2.19. The van der Waals surface area contributed by atoms with E-state index in [1.54, 1.807) is 7.11 Å². The van der Waals surface area contributed by atoms with Crippen LogP contribution in [0.1, 0.15) is 36.7 Å². The summed E-state index contributed by atoms with van der Waals surface area (Å²) >= 11 is 0. The SMILES string of the molecule is COc1cc(C(C)C)c(Oc2cnc(N)nc2N)cc1-n1c(C)ccc1C. The number of aromatic nitrogens is 3. The molecule has 0 amide bonds. The predicted molar refractivity (Wildman–Crippen MR) is 107 cm³/mol. The summed E-state index contributed by atoms with van der Waals surface area (Å²) in [7, 11) is 1.67. The Hall–Kier alpha value is -3.22. The molecule has 0 aliphatic rings. The average molecular weight is 367 g/mol. The van der Waals surface area contributed by atoms with Gasteiger partial charge in [0.2, 0.25) is 5.95 Å². The summed E-state index contributed by atoms with van der Waals surface area (Å²) in [4.78, 5) is 7.94. The van der Waals surface area contributed by atoms with Crippen LogP contribution in [0, 0.1) is 13.8 Å². The van der Waals surface area contributed by atoms with Crippen molar-refractivity contribution in [1.29, 1.82) is 0 Å². The first-order valence-corrected chi connectivity index (χ1v) is 8.75. The minimum absolute atomic E-state index is 0.109. The number of hydrogen-bond acceptors (Lipinski definition) is 6. The molecule has 142 valence electrons. The van der Waals surface area contributed by atoms with Crippen molar-refractivity contribution in [2.24, 2.45) is 0 Å². The van der Waals surface area contributed by atoms with Crippen LogP contribution in [0.25, 0.3) is 5.69 Å². The van der Waals surface area contributed by atoms with Gasteiger partial charge in [0.05, 0.1) is 19.0 Å². The molecule has 4 N–H and O–H groups in total. The van der Waals surface area contributed by atoms with Gasteiger partial charge in [-0.05, 0) is 38.0 Å². The maximum Gasteiger partial charge on any atom is 0.222 e. The molecule has 0 saturated carbocycles. The zero-order valence-electron chi connectivity index (χ0n) is 16.3. The second-order valence-corrected chi connectivity index (χ2v) is 6.75. The van der Waals surface area contributed by atoms with Gasteiger partial charge in [-0.25, -0.2) is 4.98 Å². The number of nitrogens with zero attached hydrogens (tertiary/aromatic N) is 3. The van der Waals surface area contributed by atoms with E-state index in [0.29, 0.717) is 11.5 Å². The molecule has 2 heterocycles. The number of ether oxygens (including phenoxy) is 2. The molecule has 0 spiro atoms. The maximum atomic E-state index is 6.10. The van der Waals surface area contributed by atoms with E-state index in [2.05, 4.69) is 54.4 Å². The van der Waals surface area contributed by atoms with E-state index >= 15 is 0 Å². The molecule has 3 rings (SSSR count). The molecule has 0 unspecified atom stereocenters. The Balaban J connectivity index is 2.18. The van der Waals surface area contributed by atoms with E-state index in [0.717, 1.165) is 28.4 Å². The topological polar surface area (TPSA) is 101 Å². The van der Waals surface area contributed by atoms with E-state index in [1.807, 2.05) is 12.1 Å². The number of anilines is 2. The van der Waals surface area contributed by atoms with Gasteiger partial charge in [-0.15, -0.1) is 0 Å². The van der Waals surface area contributed by atoms with Crippen LogP contribution < -0.4 is 20.9 Å². The highest BCUT2D eigenvalue weighted by molar-refractivity contribution is 5.59. The normalized spacial score (nSPS) is 11.0. The first kappa shape index (κ1) is 18.6. The van der Waals surface area contributed by atoms with Gasteiger partial charge in [0.15, 0.2) is 11.6 Å². The highest BCUT2D eigenvalue weighted by Crippen LogP contribution is 2.39. The van der Waals surface area contributed by atoms with E-state index in [9.17, 15) is 0 Å². The quantitative estimate of drug-likeness (QED) is 0.707. The number of nitrogens with two attached hydrogens (primary N) is 2. The molecule has 0 saturated heterocycles. The van der Waals surface area contributed by atoms with Crippen molar-refractivity contribution in [3.05, 3.63) is 47.4 Å². The molecule has 3 aromatic rings. The van der Waals surface area contributed by atoms with E-state index in [4.69, 9.17) is 20.9 Å². The maximum absolute atomic E-state index is 6.10. The fourth-order valence-electron chi connectivity index (χ4n) is 3.09. The van der Waals surface area contributed by atoms with Crippen molar-refractivity contribution >= 4 is 11.8 Å². The van der Waals surface area contributed by atoms with Crippen molar-refractivity contribution in [3.8, 4) is 22.9 Å². The minimum Gasteiger partial charge on any atom is -0.495 e. The van der Waals surface area contributed by atoms with Crippen LogP contribution >= 0.6 is 0 Å². The molecule has 0 aliphatic carbocycles. The third kappa shape index (κ3) is 3.53. The molecule has 0 fully saturated rings. The molecule has 27 heavy (non-hydrogen) atoms. The summed E-state index contributed by atoms with van der Waals surface area (Å²) in [6, 6.07) is 8.10. The van der Waals surface area contributed by atoms with Crippen LogP contribution in [0.5, 0.6) is 17.2 Å². The number of nitrogen functional groups attached to an aromatic ring is 2. The van der Waals surface area contributed by atoms with E-state index in [-0.39, 0.29) is 17.7 Å². The van der Waals surface area contributed by atoms with Gasteiger partial charge in [-0.2, -0.15) is 4.98 Å². The van der Waals surface area contributed by atoms with Crippen LogP contribution in [0.2, 0.25) is 0 Å². The number of benzene rings is 1. The van der Waals surface area contributed by atoms with Crippen LogP contribution in [-0.4, -0.2) is 21.6 Å². The Kier molecular flexibility index (Phi) is 4.94. The summed E-state index contributed by atoms with van der Waals surface area (Å²) in [5.41, 5.74) is 15.6. The molecular formula is C20H25N5O2. The van der Waals surface area contributed by atoms with Crippen molar-refractivity contribution < 1.29 is 9.47 Å². The van der Waals surface area contributed by atoms with Gasteiger partial charge >= 0.3 is 0 Å². The molecular weight excluding hydrogens is 342 g/mol. The van der Waals surface area contributed by atoms with Gasteiger partial charge in [-0.3, -0.25) is 0 Å². The molecule has 0 atom stereocenters. The van der Waals surface area contributed by atoms with Crippen LogP contribution in [0.3, 0.4) is 0 Å². The summed E-state index contributed by atoms with van der Waals surface area (Å²) in [6.45, 7) is 8.29. The number of hydrogen-bond donors (Lipinski definition) is 2. The van der Waals surface area contributed by atoms with Gasteiger partial charge < -0.3 is 25.5 Å². The van der Waals surface area contributed by atoms with Crippen LogP contribution in [-0.2, 0) is 0 Å². The summed E-state index contributed by atoms with van der Waals surface area (Å²) in [5, 5.41) is 0. The minimum atomic E-state index is 0.109. The lowest BCUT2D eigenvalue weighted by atomic mass is 10.0. The first-order valence-electron chi connectivity index (χ1n) is 8.75. The monoisotopic (exact) mass is 367 g/mol. The molecule has 0 aliphatic heterocycles. The third-order valence-corrected chi connectivity index (χ3v) is 4.47. The van der Waals surface area contributed by atoms with Gasteiger partial charge in [0.1, 0.15) is 11.5 Å². The van der Waals surface area contributed by atoms with E-state index in [1.165, 1.54) is 6.20 Å². The van der Waals surface area contributed by atoms with Crippen LogP contribution in [0.15, 0.2) is 30.5 Å². The fourth-order valence-corrected chi connectivity index (χ4v) is 3.09. The van der Waals surface area contributed by atoms with Crippen LogP contribution in [0.4, 0.5) is 11.8 Å². The Morgan fingerprint density at radius 3 is 2.22 bits per heavy atom. The fraction of sp³-hybridized carbons (Fsp3) is 0.300. The lowest BCUT2D eigenvalue weighted by Gasteiger charge is -2.20. The van der Waals surface area contributed by atoms with Crippen molar-refractivity contribution in [2.75, 3.05) is 18.6 Å². The largest absolute Gasteiger partial charge is 0.495 e. The van der Waals surface area contributed by atoms with Gasteiger partial charge in [0.25, 0.3) is 0 Å². The Labute approximate surface area is 159 Å². The Morgan fingerprint density at radius 1 is 1.00 bits per heavy atom. The zero-order valence-corrected chi connectivity index (χ0v) is 16.3. The molecule has 7 nitrogen and oxygen atoms in total. The highest BCUT2D eigenvalue weighted by atomic mass is 16.5. The molecule has 0 radical (unpaired) electrons. The molecule has 1 aromatic carbocycles. The van der Waals surface area contributed by atoms with Crippen molar-refractivity contribution in [1.82, 2.24) is 14.5 Å². The summed E-state index contributed by atoms with van der Waals surface area (Å²) < 4.78 is 13.9. The smallest absolute Gasteiger partial charge is 0.222 e. The molecule has 0 bridgehead atoms. The van der Waals surface area contributed by atoms with Gasteiger partial charge in [-0.1, -0.05) is 13.8 Å². The lowest BCUT2D eigenvalue weighted by Crippen LogP contribution is -2.06. The Morgan fingerprint density at radius 2 is 1.67 bits per heavy atom. The lowest BCUT2D eigenvalue weighted by molar-refractivity contribution is 0.408. The summed E-state index contributed by atoms with van der Waals surface area (Å²) in [5.74, 6) is 2.33. The van der Waals surface area contributed by atoms with E-state index < -0.39 is 0 Å². The average Bonchev–Trinajstić information content (AvgIpc) is 2.95. The third-order valence-electron chi connectivity index (χ3n) is 4.47.